The van der Waals surface area contributed by atoms with Crippen molar-refractivity contribution in [2.24, 2.45) is 0 Å². The summed E-state index contributed by atoms with van der Waals surface area (Å²) in [7, 11) is 0. The number of tetrazole rings is 1. The summed E-state index contributed by atoms with van der Waals surface area (Å²) >= 11 is 6.03. The smallest absolute Gasteiger partial charge is 0.200 e. The van der Waals surface area contributed by atoms with Crippen LogP contribution in [0.4, 0.5) is 5.82 Å². The number of benzene rings is 1. The Labute approximate surface area is 138 Å². The summed E-state index contributed by atoms with van der Waals surface area (Å²) in [6, 6.07) is 12.0. The van der Waals surface area contributed by atoms with Crippen molar-refractivity contribution in [3.8, 4) is 0 Å². The van der Waals surface area contributed by atoms with Crippen LogP contribution in [0.3, 0.4) is 0 Å². The lowest BCUT2D eigenvalue weighted by Crippen LogP contribution is -2.31. The van der Waals surface area contributed by atoms with E-state index in [-0.39, 0.29) is 5.41 Å². The maximum absolute atomic E-state index is 6.03. The normalized spacial score (nSPS) is 16.7. The molecule has 1 fully saturated rings. The van der Waals surface area contributed by atoms with Crippen molar-refractivity contribution in [2.45, 2.75) is 31.1 Å². The summed E-state index contributed by atoms with van der Waals surface area (Å²) in [5.41, 5.74) is 2.13. The molecule has 0 atom stereocenters. The summed E-state index contributed by atoms with van der Waals surface area (Å²) in [6.07, 6.45) is 4.86. The summed E-state index contributed by atoms with van der Waals surface area (Å²) in [5, 5.41) is 19.9. The van der Waals surface area contributed by atoms with Crippen LogP contribution in [0, 0.1) is 0 Å². The highest BCUT2D eigenvalue weighted by Crippen LogP contribution is 2.41. The molecule has 1 N–H and O–H groups in total. The standard InChI is InChI=1S/C16H17ClN6/c17-13-5-3-12(4-6-13)16(9-1-2-10-16)11-18-14-7-8-15-19-21-22-23(15)20-14/h3-8H,1-2,9-11H2,(H,18,20). The van der Waals surface area contributed by atoms with Gasteiger partial charge < -0.3 is 5.32 Å². The van der Waals surface area contributed by atoms with E-state index in [1.807, 2.05) is 24.3 Å². The van der Waals surface area contributed by atoms with Crippen LogP contribution < -0.4 is 5.32 Å². The first-order valence-electron chi connectivity index (χ1n) is 7.81. The van der Waals surface area contributed by atoms with Crippen LogP contribution >= 0.6 is 11.6 Å². The first kappa shape index (κ1) is 14.4. The molecule has 2 aromatic heterocycles. The molecule has 23 heavy (non-hydrogen) atoms. The average molecular weight is 329 g/mol. The van der Waals surface area contributed by atoms with E-state index in [1.54, 1.807) is 0 Å². The van der Waals surface area contributed by atoms with Gasteiger partial charge in [0.25, 0.3) is 0 Å². The molecule has 0 aliphatic heterocycles. The zero-order valence-corrected chi connectivity index (χ0v) is 13.4. The van der Waals surface area contributed by atoms with Gasteiger partial charge in [0, 0.05) is 17.0 Å². The number of anilines is 1. The molecule has 0 radical (unpaired) electrons. The van der Waals surface area contributed by atoms with Crippen LogP contribution in [-0.2, 0) is 5.41 Å². The van der Waals surface area contributed by atoms with Gasteiger partial charge in [-0.3, -0.25) is 0 Å². The average Bonchev–Trinajstić information content (AvgIpc) is 3.23. The fourth-order valence-electron chi connectivity index (χ4n) is 3.43. The van der Waals surface area contributed by atoms with E-state index >= 15 is 0 Å². The van der Waals surface area contributed by atoms with E-state index in [2.05, 4.69) is 38.1 Å². The third kappa shape index (κ3) is 2.74. The molecule has 2 heterocycles. The zero-order chi connectivity index (χ0) is 15.7. The highest BCUT2D eigenvalue weighted by Gasteiger charge is 2.35. The van der Waals surface area contributed by atoms with Crippen LogP contribution in [0.2, 0.25) is 5.02 Å². The van der Waals surface area contributed by atoms with Gasteiger partial charge in [-0.2, -0.15) is 0 Å². The minimum Gasteiger partial charge on any atom is -0.368 e. The van der Waals surface area contributed by atoms with Gasteiger partial charge in [-0.25, -0.2) is 0 Å². The van der Waals surface area contributed by atoms with Gasteiger partial charge in [-0.05, 0) is 53.1 Å². The van der Waals surface area contributed by atoms with Crippen LogP contribution in [0.15, 0.2) is 36.4 Å². The Morgan fingerprint density at radius 2 is 1.87 bits per heavy atom. The number of nitrogens with zero attached hydrogens (tertiary/aromatic N) is 5. The quantitative estimate of drug-likeness (QED) is 0.797. The minimum atomic E-state index is 0.141. The third-order valence-corrected chi connectivity index (χ3v) is 4.95. The highest BCUT2D eigenvalue weighted by atomic mass is 35.5. The number of hydrogen-bond acceptors (Lipinski definition) is 5. The summed E-state index contributed by atoms with van der Waals surface area (Å²) < 4.78 is 1.44. The zero-order valence-electron chi connectivity index (χ0n) is 12.6. The molecule has 1 saturated carbocycles. The molecule has 0 unspecified atom stereocenters. The van der Waals surface area contributed by atoms with E-state index in [0.29, 0.717) is 5.65 Å². The maximum Gasteiger partial charge on any atom is 0.200 e. The molecular formula is C16H17ClN6. The molecule has 1 aliphatic carbocycles. The van der Waals surface area contributed by atoms with Crippen LogP contribution in [0.1, 0.15) is 31.2 Å². The van der Waals surface area contributed by atoms with E-state index in [9.17, 15) is 0 Å². The second-order valence-corrected chi connectivity index (χ2v) is 6.53. The molecule has 1 aliphatic rings. The minimum absolute atomic E-state index is 0.141. The molecule has 118 valence electrons. The predicted molar refractivity (Wildman–Crippen MR) is 88.7 cm³/mol. The van der Waals surface area contributed by atoms with Crippen LogP contribution in [-0.4, -0.2) is 31.8 Å². The number of rotatable bonds is 4. The Hall–Kier alpha value is -2.21. The predicted octanol–water partition coefficient (Wildman–Crippen LogP) is 3.10. The fraction of sp³-hybridized carbons (Fsp3) is 0.375. The first-order chi connectivity index (χ1) is 11.3. The fourth-order valence-corrected chi connectivity index (χ4v) is 3.55. The molecule has 1 aromatic carbocycles. The molecule has 0 amide bonds. The number of hydrogen-bond donors (Lipinski definition) is 1. The Balaban J connectivity index is 1.57. The lowest BCUT2D eigenvalue weighted by Gasteiger charge is -2.30. The van der Waals surface area contributed by atoms with Crippen LogP contribution in [0.5, 0.6) is 0 Å². The first-order valence-corrected chi connectivity index (χ1v) is 8.18. The maximum atomic E-state index is 6.03. The van der Waals surface area contributed by atoms with E-state index < -0.39 is 0 Å². The van der Waals surface area contributed by atoms with Crippen molar-refractivity contribution < 1.29 is 0 Å². The number of nitrogens with one attached hydrogen (secondary N) is 1. The second kappa shape index (κ2) is 5.77. The van der Waals surface area contributed by atoms with Crippen molar-refractivity contribution in [2.75, 3.05) is 11.9 Å². The SMILES string of the molecule is Clc1ccc(C2(CNc3ccc4nnnn4n3)CCCC2)cc1. The lowest BCUT2D eigenvalue weighted by molar-refractivity contribution is 0.466. The van der Waals surface area contributed by atoms with E-state index in [1.165, 1.54) is 35.9 Å². The van der Waals surface area contributed by atoms with Crippen molar-refractivity contribution in [1.82, 2.24) is 25.3 Å². The summed E-state index contributed by atoms with van der Waals surface area (Å²) in [5.74, 6) is 0.782. The van der Waals surface area contributed by atoms with Crippen LogP contribution in [0.25, 0.3) is 5.65 Å². The van der Waals surface area contributed by atoms with Gasteiger partial charge >= 0.3 is 0 Å². The topological polar surface area (TPSA) is 68.0 Å². The Bertz CT molecular complexity index is 807. The number of aromatic nitrogens is 5. The molecule has 0 saturated heterocycles. The Morgan fingerprint density at radius 3 is 2.65 bits per heavy atom. The van der Waals surface area contributed by atoms with E-state index in [4.69, 9.17) is 11.6 Å². The Kier molecular flexibility index (Phi) is 3.61. The highest BCUT2D eigenvalue weighted by molar-refractivity contribution is 6.30. The van der Waals surface area contributed by atoms with Gasteiger partial charge in [0.1, 0.15) is 5.82 Å². The Morgan fingerprint density at radius 1 is 1.09 bits per heavy atom. The van der Waals surface area contributed by atoms with Gasteiger partial charge in [-0.1, -0.05) is 36.6 Å². The molecule has 3 aromatic rings. The lowest BCUT2D eigenvalue weighted by atomic mass is 9.79. The van der Waals surface area contributed by atoms with Crippen molar-refractivity contribution in [1.29, 1.82) is 0 Å². The van der Waals surface area contributed by atoms with Crippen molar-refractivity contribution in [3.63, 3.8) is 0 Å². The molecular weight excluding hydrogens is 312 g/mol. The van der Waals surface area contributed by atoms with Gasteiger partial charge in [0.2, 0.25) is 0 Å². The molecule has 0 spiro atoms. The third-order valence-electron chi connectivity index (χ3n) is 4.69. The van der Waals surface area contributed by atoms with Crippen molar-refractivity contribution >= 4 is 23.1 Å². The molecule has 0 bridgehead atoms. The van der Waals surface area contributed by atoms with Crippen molar-refractivity contribution in [3.05, 3.63) is 47.0 Å². The van der Waals surface area contributed by atoms with Gasteiger partial charge in [0.05, 0.1) is 0 Å². The van der Waals surface area contributed by atoms with E-state index in [0.717, 1.165) is 17.4 Å². The van der Waals surface area contributed by atoms with Gasteiger partial charge in [-0.15, -0.1) is 14.8 Å². The largest absolute Gasteiger partial charge is 0.368 e. The monoisotopic (exact) mass is 328 g/mol. The van der Waals surface area contributed by atoms with Gasteiger partial charge in [0.15, 0.2) is 5.65 Å². The summed E-state index contributed by atoms with van der Waals surface area (Å²) in [4.78, 5) is 0. The molecule has 4 rings (SSSR count). The number of fused-ring (bicyclic) bond motifs is 1. The summed E-state index contributed by atoms with van der Waals surface area (Å²) in [6.45, 7) is 0.843. The second-order valence-electron chi connectivity index (χ2n) is 6.09. The number of halogens is 1. The molecule has 6 nitrogen and oxygen atoms in total. The molecule has 7 heteroatoms.